The van der Waals surface area contributed by atoms with Gasteiger partial charge in [-0.3, -0.25) is 0 Å². The highest BCUT2D eigenvalue weighted by atomic mass is 16.1. The first-order chi connectivity index (χ1) is 3.31. The molecular formula is C5H9NO. The number of carbonyl (C=O) groups is 1. The SMILES string of the molecule is C=CC[C@H](N)C=O. The van der Waals surface area contributed by atoms with Crippen LogP contribution < -0.4 is 5.73 Å². The monoisotopic (exact) mass is 99.1 g/mol. The molecule has 0 aliphatic heterocycles. The molecule has 0 aromatic rings. The smallest absolute Gasteiger partial charge is 0.136 e. The van der Waals surface area contributed by atoms with Crippen molar-refractivity contribution in [2.45, 2.75) is 12.5 Å². The van der Waals surface area contributed by atoms with E-state index in [4.69, 9.17) is 5.73 Å². The van der Waals surface area contributed by atoms with Gasteiger partial charge in [0, 0.05) is 0 Å². The molecule has 0 aliphatic carbocycles. The number of rotatable bonds is 3. The van der Waals surface area contributed by atoms with Gasteiger partial charge >= 0.3 is 0 Å². The van der Waals surface area contributed by atoms with E-state index in [2.05, 4.69) is 6.58 Å². The summed E-state index contributed by atoms with van der Waals surface area (Å²) in [5, 5.41) is 0. The number of aldehydes is 1. The van der Waals surface area contributed by atoms with Crippen LogP contribution in [0.3, 0.4) is 0 Å². The van der Waals surface area contributed by atoms with Crippen LogP contribution in [0.4, 0.5) is 0 Å². The molecule has 1 atom stereocenters. The second-order valence-electron chi connectivity index (χ2n) is 1.32. The average Bonchev–Trinajstić information content (AvgIpc) is 1.68. The van der Waals surface area contributed by atoms with Crippen molar-refractivity contribution in [3.8, 4) is 0 Å². The molecule has 0 aromatic heterocycles. The minimum absolute atomic E-state index is 0.350. The molecule has 0 aliphatic rings. The lowest BCUT2D eigenvalue weighted by Crippen LogP contribution is -2.19. The van der Waals surface area contributed by atoms with Crippen LogP contribution in [0.15, 0.2) is 12.7 Å². The van der Waals surface area contributed by atoms with Gasteiger partial charge in [-0.1, -0.05) is 6.08 Å². The minimum atomic E-state index is -0.350. The molecule has 0 rings (SSSR count). The fourth-order valence-electron chi connectivity index (χ4n) is 0.248. The summed E-state index contributed by atoms with van der Waals surface area (Å²) in [6.45, 7) is 3.41. The van der Waals surface area contributed by atoms with E-state index in [1.165, 1.54) is 0 Å². The van der Waals surface area contributed by atoms with Crippen LogP contribution in [0.25, 0.3) is 0 Å². The Morgan fingerprint density at radius 2 is 2.43 bits per heavy atom. The molecule has 2 heteroatoms. The van der Waals surface area contributed by atoms with Gasteiger partial charge in [-0.25, -0.2) is 0 Å². The van der Waals surface area contributed by atoms with Crippen molar-refractivity contribution in [1.82, 2.24) is 0 Å². The molecule has 0 saturated heterocycles. The van der Waals surface area contributed by atoms with Crippen LogP contribution in [0.1, 0.15) is 6.42 Å². The predicted molar refractivity (Wildman–Crippen MR) is 28.9 cm³/mol. The fraction of sp³-hybridized carbons (Fsp3) is 0.400. The van der Waals surface area contributed by atoms with E-state index >= 15 is 0 Å². The second-order valence-corrected chi connectivity index (χ2v) is 1.32. The van der Waals surface area contributed by atoms with Crippen molar-refractivity contribution < 1.29 is 4.79 Å². The lowest BCUT2D eigenvalue weighted by atomic mass is 10.2. The van der Waals surface area contributed by atoms with Crippen molar-refractivity contribution in [2.75, 3.05) is 0 Å². The molecule has 0 amide bonds. The van der Waals surface area contributed by atoms with Gasteiger partial charge < -0.3 is 10.5 Å². The van der Waals surface area contributed by atoms with Crippen molar-refractivity contribution >= 4 is 6.29 Å². The number of hydrogen-bond acceptors (Lipinski definition) is 2. The van der Waals surface area contributed by atoms with Crippen LogP contribution in [-0.4, -0.2) is 12.3 Å². The van der Waals surface area contributed by atoms with Crippen molar-refractivity contribution in [3.63, 3.8) is 0 Å². The van der Waals surface area contributed by atoms with Gasteiger partial charge in [-0.05, 0) is 6.42 Å². The van der Waals surface area contributed by atoms with Gasteiger partial charge in [-0.2, -0.15) is 0 Å². The zero-order valence-corrected chi connectivity index (χ0v) is 4.13. The Bertz CT molecular complexity index is 70.5. The molecule has 0 heterocycles. The standard InChI is InChI=1S/C5H9NO/c1-2-3-5(6)4-7/h2,4-5H,1,3,6H2/t5-/m0/s1. The quantitative estimate of drug-likeness (QED) is 0.402. The highest BCUT2D eigenvalue weighted by molar-refractivity contribution is 5.57. The first-order valence-electron chi connectivity index (χ1n) is 2.13. The van der Waals surface area contributed by atoms with E-state index in [1.807, 2.05) is 0 Å². The molecule has 2 N–H and O–H groups in total. The highest BCUT2D eigenvalue weighted by Gasteiger charge is 1.91. The van der Waals surface area contributed by atoms with Crippen molar-refractivity contribution in [1.29, 1.82) is 0 Å². The Labute approximate surface area is 43.0 Å². The fourth-order valence-corrected chi connectivity index (χ4v) is 0.248. The molecule has 40 valence electrons. The molecule has 0 bridgehead atoms. The molecule has 2 nitrogen and oxygen atoms in total. The van der Waals surface area contributed by atoms with Gasteiger partial charge in [0.05, 0.1) is 6.04 Å². The normalized spacial score (nSPS) is 12.7. The first-order valence-corrected chi connectivity index (χ1v) is 2.13. The molecule has 0 aromatic carbocycles. The molecule has 7 heavy (non-hydrogen) atoms. The maximum absolute atomic E-state index is 9.72. The third kappa shape index (κ3) is 3.19. The van der Waals surface area contributed by atoms with Crippen LogP contribution >= 0.6 is 0 Å². The minimum Gasteiger partial charge on any atom is -0.321 e. The largest absolute Gasteiger partial charge is 0.321 e. The van der Waals surface area contributed by atoms with Crippen LogP contribution in [0.5, 0.6) is 0 Å². The van der Waals surface area contributed by atoms with Crippen LogP contribution in [0, 0.1) is 0 Å². The van der Waals surface area contributed by atoms with Gasteiger partial charge in [0.1, 0.15) is 6.29 Å². The van der Waals surface area contributed by atoms with E-state index in [0.717, 1.165) is 0 Å². The maximum atomic E-state index is 9.72. The maximum Gasteiger partial charge on any atom is 0.136 e. The Hall–Kier alpha value is -0.630. The lowest BCUT2D eigenvalue weighted by molar-refractivity contribution is -0.108. The van der Waals surface area contributed by atoms with Gasteiger partial charge in [-0.15, -0.1) is 6.58 Å². The molecular weight excluding hydrogens is 90.1 g/mol. The molecule has 0 saturated carbocycles. The van der Waals surface area contributed by atoms with E-state index < -0.39 is 0 Å². The third-order valence-corrected chi connectivity index (χ3v) is 0.614. The van der Waals surface area contributed by atoms with Crippen LogP contribution in [-0.2, 0) is 4.79 Å². The lowest BCUT2D eigenvalue weighted by Gasteiger charge is -1.92. The van der Waals surface area contributed by atoms with Gasteiger partial charge in [0.2, 0.25) is 0 Å². The van der Waals surface area contributed by atoms with Gasteiger partial charge in [0.15, 0.2) is 0 Å². The number of nitrogens with two attached hydrogens (primary N) is 1. The van der Waals surface area contributed by atoms with E-state index in [9.17, 15) is 4.79 Å². The van der Waals surface area contributed by atoms with Crippen molar-refractivity contribution in [3.05, 3.63) is 12.7 Å². The summed E-state index contributed by atoms with van der Waals surface area (Å²) >= 11 is 0. The van der Waals surface area contributed by atoms with Crippen LogP contribution in [0.2, 0.25) is 0 Å². The van der Waals surface area contributed by atoms with E-state index in [0.29, 0.717) is 12.7 Å². The Morgan fingerprint density at radius 3 is 2.57 bits per heavy atom. The third-order valence-electron chi connectivity index (χ3n) is 0.614. The van der Waals surface area contributed by atoms with Gasteiger partial charge in [0.25, 0.3) is 0 Å². The Balaban J connectivity index is 3.15. The summed E-state index contributed by atoms with van der Waals surface area (Å²) < 4.78 is 0. The summed E-state index contributed by atoms with van der Waals surface area (Å²) in [5.74, 6) is 0. The predicted octanol–water partition coefficient (Wildman–Crippen LogP) is 0.0887. The first kappa shape index (κ1) is 6.37. The summed E-state index contributed by atoms with van der Waals surface area (Å²) in [5.41, 5.74) is 5.14. The summed E-state index contributed by atoms with van der Waals surface area (Å²) in [6, 6.07) is -0.350. The average molecular weight is 99.1 g/mol. The summed E-state index contributed by atoms with van der Waals surface area (Å²) in [7, 11) is 0. The Kier molecular flexibility index (Phi) is 3.24. The molecule has 0 radical (unpaired) electrons. The van der Waals surface area contributed by atoms with E-state index in [-0.39, 0.29) is 6.04 Å². The topological polar surface area (TPSA) is 43.1 Å². The van der Waals surface area contributed by atoms with E-state index in [1.54, 1.807) is 6.08 Å². The second kappa shape index (κ2) is 3.56. The molecule has 0 spiro atoms. The zero-order valence-electron chi connectivity index (χ0n) is 4.13. The Morgan fingerprint density at radius 1 is 1.86 bits per heavy atom. The number of hydrogen-bond donors (Lipinski definition) is 1. The summed E-state index contributed by atoms with van der Waals surface area (Å²) in [4.78, 5) is 9.72. The summed E-state index contributed by atoms with van der Waals surface area (Å²) in [6.07, 6.45) is 2.91. The highest BCUT2D eigenvalue weighted by Crippen LogP contribution is 1.80. The van der Waals surface area contributed by atoms with Crippen molar-refractivity contribution in [2.24, 2.45) is 5.73 Å². The number of carbonyl (C=O) groups excluding carboxylic acids is 1. The molecule has 0 unspecified atom stereocenters. The molecule has 0 fully saturated rings. The zero-order chi connectivity index (χ0) is 5.70.